The zero-order valence-electron chi connectivity index (χ0n) is 12.8. The zero-order valence-corrected chi connectivity index (χ0v) is 12.8. The first kappa shape index (κ1) is 16.0. The number of likely N-dealkylation sites (tertiary alicyclic amines) is 1. The molecule has 2 rings (SSSR count). The molecule has 0 spiro atoms. The molecule has 0 unspecified atom stereocenters. The monoisotopic (exact) mass is 290 g/mol. The lowest BCUT2D eigenvalue weighted by Gasteiger charge is -2.35. The molecule has 0 aliphatic carbocycles. The van der Waals surface area contributed by atoms with Crippen LogP contribution in [-0.2, 0) is 6.54 Å². The predicted molar refractivity (Wildman–Crippen MR) is 82.3 cm³/mol. The fraction of sp³-hybridized carbons (Fsp3) is 0.529. The van der Waals surface area contributed by atoms with Crippen LogP contribution in [-0.4, -0.2) is 54.7 Å². The molecule has 1 heterocycles. The summed E-state index contributed by atoms with van der Waals surface area (Å²) in [5.74, 6) is 4.84. The molecule has 0 aromatic heterocycles. The maximum atomic E-state index is 13.6. The topological polar surface area (TPSA) is 26.7 Å². The van der Waals surface area contributed by atoms with Gasteiger partial charge in [-0.1, -0.05) is 17.9 Å². The number of piperidine rings is 1. The summed E-state index contributed by atoms with van der Waals surface area (Å²) < 4.78 is 13.6. The van der Waals surface area contributed by atoms with Gasteiger partial charge in [-0.15, -0.1) is 0 Å². The number of hydrogen-bond acceptors (Lipinski definition) is 3. The van der Waals surface area contributed by atoms with E-state index in [9.17, 15) is 4.39 Å². The van der Waals surface area contributed by atoms with Crippen molar-refractivity contribution in [1.82, 2.24) is 9.80 Å². The average Bonchev–Trinajstić information content (AvgIpc) is 2.48. The minimum absolute atomic E-state index is 0.248. The Morgan fingerprint density at radius 3 is 2.67 bits per heavy atom. The Kier molecular flexibility index (Phi) is 5.75. The second kappa shape index (κ2) is 7.56. The summed E-state index contributed by atoms with van der Waals surface area (Å²) in [7, 11) is 4.26. The highest BCUT2D eigenvalue weighted by Crippen LogP contribution is 2.18. The molecule has 114 valence electrons. The molecule has 1 aromatic carbocycles. The van der Waals surface area contributed by atoms with Crippen molar-refractivity contribution in [1.29, 1.82) is 0 Å². The van der Waals surface area contributed by atoms with E-state index in [4.69, 9.17) is 5.11 Å². The van der Waals surface area contributed by atoms with Crippen molar-refractivity contribution >= 4 is 0 Å². The third-order valence-electron chi connectivity index (χ3n) is 4.03. The maximum Gasteiger partial charge on any atom is 0.138 e. The van der Waals surface area contributed by atoms with Crippen LogP contribution in [0.2, 0.25) is 0 Å². The van der Waals surface area contributed by atoms with E-state index in [-0.39, 0.29) is 12.4 Å². The van der Waals surface area contributed by atoms with Crippen molar-refractivity contribution in [2.24, 2.45) is 0 Å². The molecule has 0 radical (unpaired) electrons. The van der Waals surface area contributed by atoms with Gasteiger partial charge in [0.15, 0.2) is 0 Å². The standard InChI is InChI=1S/C17H23FN2O/c1-19(2)16-7-9-20(10-8-16)13-14-5-6-17(18)15(12-14)4-3-11-21/h5-6,12,16,21H,7-11,13H2,1-2H3. The number of nitrogens with zero attached hydrogens (tertiary/aromatic N) is 2. The molecule has 3 nitrogen and oxygen atoms in total. The van der Waals surface area contributed by atoms with Gasteiger partial charge in [-0.3, -0.25) is 4.90 Å². The van der Waals surface area contributed by atoms with Crippen molar-refractivity contribution in [2.75, 3.05) is 33.8 Å². The van der Waals surface area contributed by atoms with Crippen LogP contribution in [0.1, 0.15) is 24.0 Å². The van der Waals surface area contributed by atoms with E-state index >= 15 is 0 Å². The van der Waals surface area contributed by atoms with Gasteiger partial charge in [0, 0.05) is 12.6 Å². The Morgan fingerprint density at radius 2 is 2.05 bits per heavy atom. The summed E-state index contributed by atoms with van der Waals surface area (Å²) in [5.41, 5.74) is 1.44. The third-order valence-corrected chi connectivity index (χ3v) is 4.03. The summed E-state index contributed by atoms with van der Waals surface area (Å²) in [6.45, 7) is 2.71. The van der Waals surface area contributed by atoms with Crippen LogP contribution in [0.15, 0.2) is 18.2 Å². The van der Waals surface area contributed by atoms with E-state index in [0.29, 0.717) is 11.6 Å². The van der Waals surface area contributed by atoms with Crippen LogP contribution in [0.5, 0.6) is 0 Å². The minimum atomic E-state index is -0.328. The largest absolute Gasteiger partial charge is 0.384 e. The lowest BCUT2D eigenvalue weighted by molar-refractivity contribution is 0.140. The zero-order chi connectivity index (χ0) is 15.2. The lowest BCUT2D eigenvalue weighted by atomic mass is 10.0. The smallest absolute Gasteiger partial charge is 0.138 e. The van der Waals surface area contributed by atoms with Gasteiger partial charge < -0.3 is 10.0 Å². The molecule has 0 atom stereocenters. The number of aliphatic hydroxyl groups excluding tert-OH is 1. The van der Waals surface area contributed by atoms with E-state index in [0.717, 1.165) is 25.2 Å². The molecule has 21 heavy (non-hydrogen) atoms. The predicted octanol–water partition coefficient (Wildman–Crippen LogP) is 1.70. The summed E-state index contributed by atoms with van der Waals surface area (Å²) in [6.07, 6.45) is 2.34. The first-order valence-corrected chi connectivity index (χ1v) is 7.37. The highest BCUT2D eigenvalue weighted by Gasteiger charge is 2.20. The van der Waals surface area contributed by atoms with Gasteiger partial charge in [0.2, 0.25) is 0 Å². The fourth-order valence-corrected chi connectivity index (χ4v) is 2.75. The van der Waals surface area contributed by atoms with E-state index in [1.54, 1.807) is 6.07 Å². The van der Waals surface area contributed by atoms with Gasteiger partial charge in [0.25, 0.3) is 0 Å². The molecular weight excluding hydrogens is 267 g/mol. The SMILES string of the molecule is CN(C)C1CCN(Cc2ccc(F)c(C#CCO)c2)CC1. The van der Waals surface area contributed by atoms with Gasteiger partial charge in [-0.05, 0) is 57.7 Å². The summed E-state index contributed by atoms with van der Waals surface area (Å²) >= 11 is 0. The Balaban J connectivity index is 1.98. The Hall–Kier alpha value is -1.41. The van der Waals surface area contributed by atoms with Crippen LogP contribution < -0.4 is 0 Å². The first-order valence-electron chi connectivity index (χ1n) is 7.37. The quantitative estimate of drug-likeness (QED) is 0.858. The van der Waals surface area contributed by atoms with Gasteiger partial charge in [-0.2, -0.15) is 0 Å². The van der Waals surface area contributed by atoms with Crippen molar-refractivity contribution < 1.29 is 9.50 Å². The Bertz CT molecular complexity index is 525. The molecule has 1 fully saturated rings. The van der Waals surface area contributed by atoms with Gasteiger partial charge in [-0.25, -0.2) is 4.39 Å². The number of rotatable bonds is 3. The highest BCUT2D eigenvalue weighted by atomic mass is 19.1. The number of aliphatic hydroxyl groups is 1. The van der Waals surface area contributed by atoms with Crippen LogP contribution in [0, 0.1) is 17.7 Å². The van der Waals surface area contributed by atoms with Crippen molar-refractivity contribution in [3.63, 3.8) is 0 Å². The molecule has 1 aliphatic heterocycles. The second-order valence-corrected chi connectivity index (χ2v) is 5.75. The van der Waals surface area contributed by atoms with Crippen molar-refractivity contribution in [3.8, 4) is 11.8 Å². The lowest BCUT2D eigenvalue weighted by Crippen LogP contribution is -2.41. The second-order valence-electron chi connectivity index (χ2n) is 5.75. The molecule has 0 saturated carbocycles. The van der Waals surface area contributed by atoms with E-state index in [1.807, 2.05) is 6.07 Å². The molecule has 0 bridgehead atoms. The Morgan fingerprint density at radius 1 is 1.33 bits per heavy atom. The minimum Gasteiger partial charge on any atom is -0.384 e. The third kappa shape index (κ3) is 4.53. The van der Waals surface area contributed by atoms with E-state index in [2.05, 4.69) is 35.7 Å². The fourth-order valence-electron chi connectivity index (χ4n) is 2.75. The molecule has 1 saturated heterocycles. The first-order chi connectivity index (χ1) is 10.1. The number of hydrogen-bond donors (Lipinski definition) is 1. The van der Waals surface area contributed by atoms with Crippen molar-refractivity contribution in [2.45, 2.75) is 25.4 Å². The molecule has 1 N–H and O–H groups in total. The molecule has 4 heteroatoms. The Labute approximate surface area is 126 Å². The average molecular weight is 290 g/mol. The molecule has 1 aromatic rings. The van der Waals surface area contributed by atoms with Crippen LogP contribution in [0.4, 0.5) is 4.39 Å². The summed E-state index contributed by atoms with van der Waals surface area (Å²) in [5, 5.41) is 8.71. The number of halogens is 1. The van der Waals surface area contributed by atoms with E-state index in [1.165, 1.54) is 18.9 Å². The van der Waals surface area contributed by atoms with Gasteiger partial charge in [0.1, 0.15) is 12.4 Å². The summed E-state index contributed by atoms with van der Waals surface area (Å²) in [4.78, 5) is 4.69. The van der Waals surface area contributed by atoms with Crippen LogP contribution in [0.3, 0.4) is 0 Å². The number of benzene rings is 1. The van der Waals surface area contributed by atoms with Crippen LogP contribution in [0.25, 0.3) is 0 Å². The van der Waals surface area contributed by atoms with Gasteiger partial charge >= 0.3 is 0 Å². The molecule has 0 amide bonds. The van der Waals surface area contributed by atoms with Gasteiger partial charge in [0.05, 0.1) is 5.56 Å². The molecule has 1 aliphatic rings. The highest BCUT2D eigenvalue weighted by molar-refractivity contribution is 5.38. The van der Waals surface area contributed by atoms with Crippen LogP contribution >= 0.6 is 0 Å². The summed E-state index contributed by atoms with van der Waals surface area (Å²) in [6, 6.07) is 5.73. The maximum absolute atomic E-state index is 13.6. The van der Waals surface area contributed by atoms with Crippen molar-refractivity contribution in [3.05, 3.63) is 35.1 Å². The normalized spacial score (nSPS) is 16.8. The van der Waals surface area contributed by atoms with E-state index < -0.39 is 0 Å². The molecular formula is C17H23FN2O.